The number of carbonyl (C=O) groups is 2. The molecular weight excluding hydrogens is 304 g/mol. The van der Waals surface area contributed by atoms with Crippen molar-refractivity contribution in [2.45, 2.75) is 33.1 Å². The van der Waals surface area contributed by atoms with E-state index in [2.05, 4.69) is 10.2 Å². The zero-order chi connectivity index (χ0) is 17.5. The minimum Gasteiger partial charge on any atom is -0.345 e. The van der Waals surface area contributed by atoms with E-state index in [0.29, 0.717) is 13.0 Å². The molecule has 0 bridgehead atoms. The SMILES string of the molecule is CC(C)C(=O)N(C)CCC(=O)N1CCN(CC2CCNCC2)CC1. The standard InChI is InChI=1S/C18H34N4O2/c1-15(2)18(24)20(3)9-6-17(23)22-12-10-21(11-13-22)14-16-4-7-19-8-5-16/h15-16,19H,4-14H2,1-3H3. The maximum absolute atomic E-state index is 12.4. The molecule has 1 N–H and O–H groups in total. The van der Waals surface area contributed by atoms with Crippen molar-refractivity contribution in [3.63, 3.8) is 0 Å². The first-order chi connectivity index (χ1) is 11.5. The average molecular weight is 338 g/mol. The Morgan fingerprint density at radius 2 is 1.75 bits per heavy atom. The Kier molecular flexibility index (Phi) is 7.49. The van der Waals surface area contributed by atoms with Gasteiger partial charge in [0, 0.05) is 58.7 Å². The van der Waals surface area contributed by atoms with Gasteiger partial charge >= 0.3 is 0 Å². The van der Waals surface area contributed by atoms with Crippen LogP contribution in [-0.2, 0) is 9.59 Å². The van der Waals surface area contributed by atoms with Crippen LogP contribution in [0.4, 0.5) is 0 Å². The molecule has 0 atom stereocenters. The molecule has 0 aromatic carbocycles. The molecule has 24 heavy (non-hydrogen) atoms. The van der Waals surface area contributed by atoms with Crippen LogP contribution >= 0.6 is 0 Å². The van der Waals surface area contributed by atoms with E-state index in [-0.39, 0.29) is 17.7 Å². The van der Waals surface area contributed by atoms with Crippen molar-refractivity contribution in [2.75, 3.05) is 59.4 Å². The number of nitrogens with zero attached hydrogens (tertiary/aromatic N) is 3. The van der Waals surface area contributed by atoms with E-state index < -0.39 is 0 Å². The summed E-state index contributed by atoms with van der Waals surface area (Å²) in [6.45, 7) is 11.4. The molecule has 2 heterocycles. The van der Waals surface area contributed by atoms with Crippen LogP contribution in [0.15, 0.2) is 0 Å². The number of hydrogen-bond acceptors (Lipinski definition) is 4. The van der Waals surface area contributed by atoms with Gasteiger partial charge in [-0.05, 0) is 31.8 Å². The van der Waals surface area contributed by atoms with Gasteiger partial charge < -0.3 is 15.1 Å². The summed E-state index contributed by atoms with van der Waals surface area (Å²) < 4.78 is 0. The van der Waals surface area contributed by atoms with Crippen molar-refractivity contribution in [3.05, 3.63) is 0 Å². The van der Waals surface area contributed by atoms with Gasteiger partial charge in [-0.3, -0.25) is 14.5 Å². The summed E-state index contributed by atoms with van der Waals surface area (Å²) in [4.78, 5) is 30.4. The summed E-state index contributed by atoms with van der Waals surface area (Å²) in [5.41, 5.74) is 0. The van der Waals surface area contributed by atoms with E-state index in [1.807, 2.05) is 18.7 Å². The van der Waals surface area contributed by atoms with E-state index in [1.54, 1.807) is 11.9 Å². The molecule has 2 rings (SSSR count). The van der Waals surface area contributed by atoms with Crippen molar-refractivity contribution < 1.29 is 9.59 Å². The number of hydrogen-bond donors (Lipinski definition) is 1. The number of rotatable bonds is 6. The minimum absolute atomic E-state index is 0.0105. The molecule has 2 fully saturated rings. The predicted molar refractivity (Wildman–Crippen MR) is 95.7 cm³/mol. The molecule has 2 amide bonds. The van der Waals surface area contributed by atoms with Crippen LogP contribution < -0.4 is 5.32 Å². The molecule has 0 aromatic heterocycles. The molecule has 0 unspecified atom stereocenters. The third-order valence-corrected chi connectivity index (χ3v) is 5.23. The molecular formula is C18H34N4O2. The second kappa shape index (κ2) is 9.37. The lowest BCUT2D eigenvalue weighted by Gasteiger charge is -2.37. The first-order valence-corrected chi connectivity index (χ1v) is 9.43. The van der Waals surface area contributed by atoms with Crippen molar-refractivity contribution in [1.29, 1.82) is 0 Å². The topological polar surface area (TPSA) is 55.9 Å². The number of piperazine rings is 1. The zero-order valence-corrected chi connectivity index (χ0v) is 15.6. The van der Waals surface area contributed by atoms with Gasteiger partial charge in [-0.25, -0.2) is 0 Å². The van der Waals surface area contributed by atoms with Gasteiger partial charge in [0.2, 0.25) is 11.8 Å². The Labute approximate surface area is 146 Å². The van der Waals surface area contributed by atoms with Crippen LogP contribution in [0.1, 0.15) is 33.1 Å². The molecule has 2 aliphatic heterocycles. The molecule has 6 nitrogen and oxygen atoms in total. The molecule has 6 heteroatoms. The van der Waals surface area contributed by atoms with E-state index in [0.717, 1.165) is 45.2 Å². The zero-order valence-electron chi connectivity index (χ0n) is 15.6. The van der Waals surface area contributed by atoms with Gasteiger partial charge in [0.25, 0.3) is 0 Å². The summed E-state index contributed by atoms with van der Waals surface area (Å²) in [7, 11) is 1.78. The molecule has 0 aromatic rings. The number of nitrogens with one attached hydrogen (secondary N) is 1. The third kappa shape index (κ3) is 5.74. The monoisotopic (exact) mass is 338 g/mol. The van der Waals surface area contributed by atoms with Gasteiger partial charge in [-0.2, -0.15) is 0 Å². The highest BCUT2D eigenvalue weighted by molar-refractivity contribution is 5.80. The third-order valence-electron chi connectivity index (χ3n) is 5.23. The Morgan fingerprint density at radius 3 is 2.33 bits per heavy atom. The van der Waals surface area contributed by atoms with Crippen molar-refractivity contribution in [2.24, 2.45) is 11.8 Å². The van der Waals surface area contributed by atoms with Crippen molar-refractivity contribution in [3.8, 4) is 0 Å². The van der Waals surface area contributed by atoms with Gasteiger partial charge in [0.05, 0.1) is 0 Å². The van der Waals surface area contributed by atoms with Crippen molar-refractivity contribution in [1.82, 2.24) is 20.0 Å². The largest absolute Gasteiger partial charge is 0.345 e. The fraction of sp³-hybridized carbons (Fsp3) is 0.889. The molecule has 0 saturated carbocycles. The quantitative estimate of drug-likeness (QED) is 0.772. The number of piperidine rings is 1. The summed E-state index contributed by atoms with van der Waals surface area (Å²) >= 11 is 0. The number of amides is 2. The van der Waals surface area contributed by atoms with E-state index in [1.165, 1.54) is 19.4 Å². The second-order valence-electron chi connectivity index (χ2n) is 7.54. The van der Waals surface area contributed by atoms with E-state index >= 15 is 0 Å². The van der Waals surface area contributed by atoms with E-state index in [9.17, 15) is 9.59 Å². The maximum atomic E-state index is 12.4. The maximum Gasteiger partial charge on any atom is 0.224 e. The van der Waals surface area contributed by atoms with Gasteiger partial charge in [0.1, 0.15) is 0 Å². The lowest BCUT2D eigenvalue weighted by atomic mass is 9.97. The lowest BCUT2D eigenvalue weighted by molar-refractivity contribution is -0.136. The highest BCUT2D eigenvalue weighted by Crippen LogP contribution is 2.15. The normalized spacial score (nSPS) is 20.4. The van der Waals surface area contributed by atoms with Crippen molar-refractivity contribution >= 4 is 11.8 Å². The van der Waals surface area contributed by atoms with E-state index in [4.69, 9.17) is 0 Å². The molecule has 138 valence electrons. The first kappa shape index (κ1) is 19.2. The van der Waals surface area contributed by atoms with Crippen LogP contribution in [-0.4, -0.2) is 85.9 Å². The smallest absolute Gasteiger partial charge is 0.224 e. The second-order valence-corrected chi connectivity index (χ2v) is 7.54. The molecule has 2 saturated heterocycles. The Hall–Kier alpha value is -1.14. The Balaban J connectivity index is 1.65. The number of carbonyl (C=O) groups excluding carboxylic acids is 2. The van der Waals surface area contributed by atoms with Gasteiger partial charge in [0.15, 0.2) is 0 Å². The Bertz CT molecular complexity index is 413. The minimum atomic E-state index is -0.0105. The van der Waals surface area contributed by atoms with Gasteiger partial charge in [-0.1, -0.05) is 13.8 Å². The van der Waals surface area contributed by atoms with Crippen LogP contribution in [0, 0.1) is 11.8 Å². The lowest BCUT2D eigenvalue weighted by Crippen LogP contribution is -2.50. The summed E-state index contributed by atoms with van der Waals surface area (Å²) in [5.74, 6) is 1.09. The first-order valence-electron chi connectivity index (χ1n) is 9.43. The van der Waals surface area contributed by atoms with Gasteiger partial charge in [-0.15, -0.1) is 0 Å². The molecule has 2 aliphatic rings. The Morgan fingerprint density at radius 1 is 1.12 bits per heavy atom. The summed E-state index contributed by atoms with van der Waals surface area (Å²) in [6.07, 6.45) is 2.98. The molecule has 0 aliphatic carbocycles. The fourth-order valence-corrected chi connectivity index (χ4v) is 3.58. The fourth-order valence-electron chi connectivity index (χ4n) is 3.58. The van der Waals surface area contributed by atoms with Crippen LogP contribution in [0.3, 0.4) is 0 Å². The average Bonchev–Trinajstić information content (AvgIpc) is 2.60. The summed E-state index contributed by atoms with van der Waals surface area (Å²) in [6, 6.07) is 0. The molecule has 0 radical (unpaired) electrons. The summed E-state index contributed by atoms with van der Waals surface area (Å²) in [5, 5.41) is 3.41. The predicted octanol–water partition coefficient (Wildman–Crippen LogP) is 0.635. The highest BCUT2D eigenvalue weighted by Gasteiger charge is 2.24. The highest BCUT2D eigenvalue weighted by atomic mass is 16.2. The van der Waals surface area contributed by atoms with Crippen LogP contribution in [0.2, 0.25) is 0 Å². The molecule has 0 spiro atoms. The van der Waals surface area contributed by atoms with Crippen LogP contribution in [0.25, 0.3) is 0 Å². The van der Waals surface area contributed by atoms with Crippen LogP contribution in [0.5, 0.6) is 0 Å².